The molecule has 0 amide bonds. The van der Waals surface area contributed by atoms with Gasteiger partial charge in [-0.25, -0.2) is 0 Å². The molecule has 2 aromatic heterocycles. The van der Waals surface area contributed by atoms with Gasteiger partial charge in [0.25, 0.3) is 0 Å². The summed E-state index contributed by atoms with van der Waals surface area (Å²) in [4.78, 5) is 7.96. The van der Waals surface area contributed by atoms with E-state index < -0.39 is 0 Å². The van der Waals surface area contributed by atoms with Crippen LogP contribution < -0.4 is 0 Å². The molecular formula is C14H10N4. The zero-order valence-electron chi connectivity index (χ0n) is 9.56. The Balaban J connectivity index is 1.87. The predicted octanol–water partition coefficient (Wildman–Crippen LogP) is 3.32. The average Bonchev–Trinajstić information content (AvgIpc) is 2.43. The first-order valence-electron chi connectivity index (χ1n) is 5.57. The van der Waals surface area contributed by atoms with E-state index in [9.17, 15) is 0 Å². The Labute approximate surface area is 104 Å². The van der Waals surface area contributed by atoms with Gasteiger partial charge in [-0.2, -0.15) is 0 Å². The Bertz CT molecular complexity index is 570. The van der Waals surface area contributed by atoms with Crippen molar-refractivity contribution in [1.29, 1.82) is 0 Å². The average molecular weight is 234 g/mol. The van der Waals surface area contributed by atoms with Crippen molar-refractivity contribution in [3.05, 3.63) is 71.6 Å². The highest BCUT2D eigenvalue weighted by Crippen LogP contribution is 2.28. The molecule has 0 saturated carbocycles. The molecule has 3 rings (SSSR count). The highest BCUT2D eigenvalue weighted by atomic mass is 15.2. The van der Waals surface area contributed by atoms with Crippen molar-refractivity contribution >= 4 is 12.2 Å². The largest absolute Gasteiger partial charge is 0.265 e. The maximum atomic E-state index is 4.02. The lowest BCUT2D eigenvalue weighted by Gasteiger charge is -2.09. The molecule has 1 aliphatic heterocycles. The van der Waals surface area contributed by atoms with Gasteiger partial charge in [-0.1, -0.05) is 0 Å². The van der Waals surface area contributed by atoms with Crippen LogP contribution in [0.1, 0.15) is 11.1 Å². The Kier molecular flexibility index (Phi) is 2.75. The molecule has 0 atom stereocenters. The summed E-state index contributed by atoms with van der Waals surface area (Å²) in [7, 11) is 0. The second kappa shape index (κ2) is 4.71. The van der Waals surface area contributed by atoms with Crippen molar-refractivity contribution < 1.29 is 0 Å². The van der Waals surface area contributed by atoms with E-state index in [2.05, 4.69) is 20.2 Å². The lowest BCUT2D eigenvalue weighted by molar-refractivity contribution is 0.982. The monoisotopic (exact) mass is 234 g/mol. The molecule has 2 aromatic rings. The molecule has 86 valence electrons. The molecule has 0 aliphatic carbocycles. The van der Waals surface area contributed by atoms with Crippen molar-refractivity contribution in [1.82, 2.24) is 9.97 Å². The van der Waals surface area contributed by atoms with Crippen LogP contribution in [-0.4, -0.2) is 9.97 Å². The molecule has 3 heterocycles. The molecule has 0 saturated heterocycles. The van der Waals surface area contributed by atoms with E-state index in [0.717, 1.165) is 22.5 Å². The van der Waals surface area contributed by atoms with Gasteiger partial charge in [-0.05, 0) is 47.5 Å². The highest BCUT2D eigenvalue weighted by molar-refractivity contribution is 5.66. The van der Waals surface area contributed by atoms with Crippen LogP contribution >= 0.6 is 0 Å². The molecule has 0 N–H and O–H groups in total. The predicted molar refractivity (Wildman–Crippen MR) is 69.3 cm³/mol. The quantitative estimate of drug-likeness (QED) is 0.800. The van der Waals surface area contributed by atoms with Gasteiger partial charge < -0.3 is 0 Å². The fourth-order valence-electron chi connectivity index (χ4n) is 1.61. The second-order valence-corrected chi connectivity index (χ2v) is 3.82. The fraction of sp³-hybridized carbons (Fsp3) is 0. The summed E-state index contributed by atoms with van der Waals surface area (Å²) in [6.45, 7) is 0. The third-order valence-corrected chi connectivity index (χ3v) is 2.55. The summed E-state index contributed by atoms with van der Waals surface area (Å²) in [5, 5.41) is 8.05. The number of hydrogen-bond donors (Lipinski definition) is 0. The summed E-state index contributed by atoms with van der Waals surface area (Å²) in [5.41, 5.74) is 3.91. The molecule has 0 aromatic carbocycles. The second-order valence-electron chi connectivity index (χ2n) is 3.82. The first-order valence-corrected chi connectivity index (χ1v) is 5.57. The summed E-state index contributed by atoms with van der Waals surface area (Å²) < 4.78 is 0. The van der Waals surface area contributed by atoms with E-state index in [1.165, 1.54) is 0 Å². The van der Waals surface area contributed by atoms with E-state index in [4.69, 9.17) is 0 Å². The highest BCUT2D eigenvalue weighted by Gasteiger charge is 2.12. The van der Waals surface area contributed by atoms with Gasteiger partial charge in [0.1, 0.15) is 11.4 Å². The van der Waals surface area contributed by atoms with Gasteiger partial charge in [0.2, 0.25) is 0 Å². The van der Waals surface area contributed by atoms with E-state index >= 15 is 0 Å². The van der Waals surface area contributed by atoms with E-state index in [0.29, 0.717) is 0 Å². The first-order chi connectivity index (χ1) is 8.92. The van der Waals surface area contributed by atoms with Gasteiger partial charge in [-0.3, -0.25) is 9.97 Å². The van der Waals surface area contributed by atoms with Gasteiger partial charge >= 0.3 is 0 Å². The zero-order valence-corrected chi connectivity index (χ0v) is 9.56. The van der Waals surface area contributed by atoms with Gasteiger partial charge in [-0.15, -0.1) is 10.2 Å². The lowest BCUT2D eigenvalue weighted by Crippen LogP contribution is -1.92. The van der Waals surface area contributed by atoms with Crippen LogP contribution in [-0.2, 0) is 0 Å². The van der Waals surface area contributed by atoms with Crippen molar-refractivity contribution in [2.75, 3.05) is 0 Å². The number of rotatable bonds is 2. The number of nitrogens with zero attached hydrogens (tertiary/aromatic N) is 4. The van der Waals surface area contributed by atoms with Crippen molar-refractivity contribution in [3.63, 3.8) is 0 Å². The van der Waals surface area contributed by atoms with Crippen LogP contribution in [0, 0.1) is 0 Å². The minimum Gasteiger partial charge on any atom is -0.265 e. The summed E-state index contributed by atoms with van der Waals surface area (Å²) in [6, 6.07) is 7.74. The van der Waals surface area contributed by atoms with Crippen LogP contribution in [0.25, 0.3) is 12.2 Å². The molecule has 0 bridgehead atoms. The maximum Gasteiger partial charge on any atom is 0.114 e. The topological polar surface area (TPSA) is 50.5 Å². The smallest absolute Gasteiger partial charge is 0.114 e. The van der Waals surface area contributed by atoms with Crippen LogP contribution in [0.3, 0.4) is 0 Å². The Morgan fingerprint density at radius 3 is 1.33 bits per heavy atom. The van der Waals surface area contributed by atoms with Crippen LogP contribution in [0.15, 0.2) is 70.7 Å². The normalized spacial score (nSPS) is 18.0. The fourth-order valence-corrected chi connectivity index (χ4v) is 1.61. The van der Waals surface area contributed by atoms with Crippen molar-refractivity contribution in [3.8, 4) is 0 Å². The molecular weight excluding hydrogens is 224 g/mol. The third-order valence-electron chi connectivity index (χ3n) is 2.55. The number of azo groups is 1. The van der Waals surface area contributed by atoms with Crippen LogP contribution in [0.5, 0.6) is 0 Å². The number of aromatic nitrogens is 2. The Morgan fingerprint density at radius 1 is 0.611 bits per heavy atom. The van der Waals surface area contributed by atoms with E-state index in [1.54, 1.807) is 24.8 Å². The van der Waals surface area contributed by atoms with Crippen LogP contribution in [0.4, 0.5) is 0 Å². The third kappa shape index (κ3) is 2.22. The van der Waals surface area contributed by atoms with Gasteiger partial charge in [0.05, 0.1) is 0 Å². The first kappa shape index (κ1) is 10.5. The summed E-state index contributed by atoms with van der Waals surface area (Å²) >= 11 is 0. The van der Waals surface area contributed by atoms with E-state index in [1.807, 2.05) is 36.4 Å². The van der Waals surface area contributed by atoms with Gasteiger partial charge in [0, 0.05) is 24.8 Å². The minimum absolute atomic E-state index is 0.887. The molecule has 0 unspecified atom stereocenters. The summed E-state index contributed by atoms with van der Waals surface area (Å²) in [6.07, 6.45) is 11.0. The molecule has 1 aliphatic rings. The number of hydrogen-bond acceptors (Lipinski definition) is 4. The molecule has 0 radical (unpaired) electrons. The standard InChI is InChI=1S/C14H10N4/c1-5-15-6-2-11(1)9-13-14(18-17-13)10-12-3-7-16-8-4-12/h1-10H/b13-9-,14-10-. The van der Waals surface area contributed by atoms with E-state index in [-0.39, 0.29) is 0 Å². The van der Waals surface area contributed by atoms with Gasteiger partial charge in [0.15, 0.2) is 0 Å². The molecule has 0 fully saturated rings. The SMILES string of the molecule is C(=C1N=NC/1=C\c1ccncc1)/c1ccncc1. The zero-order chi connectivity index (χ0) is 12.2. The Morgan fingerprint density at radius 2 is 1.00 bits per heavy atom. The number of pyridine rings is 2. The molecule has 4 nitrogen and oxygen atoms in total. The molecule has 4 heteroatoms. The Hall–Kier alpha value is -2.62. The molecule has 18 heavy (non-hydrogen) atoms. The minimum atomic E-state index is 0.887. The lowest BCUT2D eigenvalue weighted by atomic mass is 10.1. The molecule has 0 spiro atoms. The summed E-state index contributed by atoms with van der Waals surface area (Å²) in [5.74, 6) is 0. The van der Waals surface area contributed by atoms with Crippen molar-refractivity contribution in [2.45, 2.75) is 0 Å². The van der Waals surface area contributed by atoms with Crippen LogP contribution in [0.2, 0.25) is 0 Å². The van der Waals surface area contributed by atoms with Crippen molar-refractivity contribution in [2.24, 2.45) is 10.2 Å². The maximum absolute atomic E-state index is 4.02.